The minimum Gasteiger partial charge on any atom is -0.481 e. The van der Waals surface area contributed by atoms with Crippen LogP contribution in [0, 0.1) is 0 Å². The maximum absolute atomic E-state index is 13.0. The van der Waals surface area contributed by atoms with Crippen LogP contribution >= 0.6 is 0 Å². The number of imide groups is 1. The third-order valence-corrected chi connectivity index (χ3v) is 9.17. The van der Waals surface area contributed by atoms with Crippen molar-refractivity contribution in [2.75, 3.05) is 19.7 Å². The Labute approximate surface area is 327 Å². The predicted molar refractivity (Wildman–Crippen MR) is 217 cm³/mol. The Kier molecular flexibility index (Phi) is 44.5. The van der Waals surface area contributed by atoms with Crippen molar-refractivity contribution in [3.05, 3.63) is 0 Å². The molecule has 2 unspecified atom stereocenters. The lowest BCUT2D eigenvalue weighted by Gasteiger charge is -2.27. The molecule has 0 spiro atoms. The molecule has 0 heterocycles. The molecule has 0 aliphatic heterocycles. The summed E-state index contributed by atoms with van der Waals surface area (Å²) in [6.45, 7) is 5.51. The van der Waals surface area contributed by atoms with E-state index in [1.807, 2.05) is 0 Å². The lowest BCUT2D eigenvalue weighted by molar-refractivity contribution is -0.159. The number of aliphatic hydroxyl groups excluding tert-OH is 1. The summed E-state index contributed by atoms with van der Waals surface area (Å²) in [6.07, 6.45) is 26.8. The summed E-state index contributed by atoms with van der Waals surface area (Å²) in [5, 5.41) is 34.9. The van der Waals surface area contributed by atoms with Gasteiger partial charge in [0.2, 0.25) is 11.8 Å². The van der Waals surface area contributed by atoms with E-state index in [0.717, 1.165) is 56.3 Å². The fourth-order valence-corrected chi connectivity index (χ4v) is 5.86. The van der Waals surface area contributed by atoms with Crippen LogP contribution in [0.5, 0.6) is 0 Å². The number of nitrogens with zero attached hydrogens (tertiary/aromatic N) is 1. The highest BCUT2D eigenvalue weighted by Crippen LogP contribution is 2.18. The Hall–Kier alpha value is -2.61. The molecule has 0 bridgehead atoms. The third kappa shape index (κ3) is 39.1. The Morgan fingerprint density at radius 3 is 1.11 bits per heavy atom. The number of amides is 2. The van der Waals surface area contributed by atoms with Gasteiger partial charge in [0.15, 0.2) is 0 Å². The van der Waals surface area contributed by atoms with Crippen molar-refractivity contribution in [3.8, 4) is 0 Å². The average molecular weight is 775 g/mol. The number of aliphatic hydroxyl groups is 1. The standard InChI is InChI=1S/C33H61NO6.C6H14N2O2.C2H7NO/c1-3-5-7-9-11-13-15-17-19-21-23-25-30(35)34(29(33(39)40)27-28-32(37)38)31(36)26-24-22-20-18-16-14-12-10-8-6-4-2;7-4-2-1-3-5(8)6(9)10;3-1-2-4/h29H,3-28H2,1-2H3,(H,37,38)(H,39,40);5H,1-4,7-8H2,(H,9,10);4H,1-3H2. The van der Waals surface area contributed by atoms with E-state index in [4.69, 9.17) is 32.5 Å². The number of hydrogen-bond donors (Lipinski definition) is 7. The summed E-state index contributed by atoms with van der Waals surface area (Å²) >= 11 is 0. The summed E-state index contributed by atoms with van der Waals surface area (Å²) in [7, 11) is 0. The van der Waals surface area contributed by atoms with Gasteiger partial charge in [-0.15, -0.1) is 0 Å². The summed E-state index contributed by atoms with van der Waals surface area (Å²) < 4.78 is 0. The first-order valence-corrected chi connectivity index (χ1v) is 21.2. The Morgan fingerprint density at radius 2 is 0.833 bits per heavy atom. The van der Waals surface area contributed by atoms with Gasteiger partial charge in [-0.05, 0) is 38.6 Å². The number of rotatable bonds is 35. The average Bonchev–Trinajstić information content (AvgIpc) is 3.14. The highest BCUT2D eigenvalue weighted by molar-refractivity contribution is 5.99. The van der Waals surface area contributed by atoms with E-state index >= 15 is 0 Å². The molecule has 13 nitrogen and oxygen atoms in total. The zero-order chi connectivity index (χ0) is 41.2. The Bertz CT molecular complexity index is 868. The molecule has 0 radical (unpaired) electrons. The van der Waals surface area contributed by atoms with E-state index in [0.29, 0.717) is 32.4 Å². The Morgan fingerprint density at radius 1 is 0.481 bits per heavy atom. The number of carboxylic acid groups (broad SMARTS) is 3. The van der Waals surface area contributed by atoms with Crippen LogP contribution in [-0.4, -0.2) is 86.8 Å². The summed E-state index contributed by atoms with van der Waals surface area (Å²) in [4.78, 5) is 60.1. The van der Waals surface area contributed by atoms with E-state index in [2.05, 4.69) is 13.8 Å². The van der Waals surface area contributed by atoms with Crippen molar-refractivity contribution in [3.63, 3.8) is 0 Å². The SMILES string of the molecule is CCCCCCCCCCCCCC(=O)N(C(=O)CCCCCCCCCCCCC)C(CCC(=O)O)C(=O)O.NCCCCC(N)C(=O)O.NCCO. The van der Waals surface area contributed by atoms with Gasteiger partial charge in [-0.1, -0.05) is 149 Å². The molecule has 320 valence electrons. The van der Waals surface area contributed by atoms with Crippen LogP contribution in [0.1, 0.15) is 200 Å². The predicted octanol–water partition coefficient (Wildman–Crippen LogP) is 7.53. The van der Waals surface area contributed by atoms with Crippen molar-refractivity contribution in [2.45, 2.75) is 212 Å². The maximum atomic E-state index is 13.0. The first-order valence-electron chi connectivity index (χ1n) is 21.2. The first kappa shape index (κ1) is 55.7. The second-order valence-electron chi connectivity index (χ2n) is 14.3. The molecule has 0 aliphatic rings. The van der Waals surface area contributed by atoms with Gasteiger partial charge in [-0.2, -0.15) is 0 Å². The van der Waals surface area contributed by atoms with Gasteiger partial charge in [0.1, 0.15) is 12.1 Å². The lowest BCUT2D eigenvalue weighted by Crippen LogP contribution is -2.48. The van der Waals surface area contributed by atoms with Crippen molar-refractivity contribution in [2.24, 2.45) is 17.2 Å². The van der Waals surface area contributed by atoms with Gasteiger partial charge in [0.25, 0.3) is 0 Å². The zero-order valence-electron chi connectivity index (χ0n) is 34.3. The normalized spacial score (nSPS) is 11.7. The second kappa shape index (κ2) is 43.1. The molecule has 2 amide bonds. The number of nitrogens with two attached hydrogens (primary N) is 3. The lowest BCUT2D eigenvalue weighted by atomic mass is 10.0. The van der Waals surface area contributed by atoms with Gasteiger partial charge in [0.05, 0.1) is 6.61 Å². The molecule has 0 saturated carbocycles. The van der Waals surface area contributed by atoms with Gasteiger partial charge in [0, 0.05) is 25.8 Å². The van der Waals surface area contributed by atoms with E-state index in [9.17, 15) is 29.1 Å². The number of aliphatic carboxylic acids is 3. The van der Waals surface area contributed by atoms with E-state index in [1.54, 1.807) is 0 Å². The number of carbonyl (C=O) groups excluding carboxylic acids is 2. The molecule has 0 aliphatic carbocycles. The van der Waals surface area contributed by atoms with Crippen LogP contribution < -0.4 is 17.2 Å². The van der Waals surface area contributed by atoms with Crippen molar-refractivity contribution in [1.82, 2.24) is 4.90 Å². The largest absolute Gasteiger partial charge is 0.481 e. The minimum absolute atomic E-state index is 0.0972. The van der Waals surface area contributed by atoms with Crippen molar-refractivity contribution in [1.29, 1.82) is 0 Å². The van der Waals surface area contributed by atoms with Gasteiger partial charge >= 0.3 is 17.9 Å². The smallest absolute Gasteiger partial charge is 0.326 e. The molecule has 0 rings (SSSR count). The molecule has 2 atom stereocenters. The fraction of sp³-hybridized carbons (Fsp3) is 0.878. The molecular formula is C41H82N4O9. The summed E-state index contributed by atoms with van der Waals surface area (Å²) in [5.41, 5.74) is 15.2. The van der Waals surface area contributed by atoms with Crippen LogP contribution in [0.25, 0.3) is 0 Å². The van der Waals surface area contributed by atoms with Gasteiger partial charge in [-0.3, -0.25) is 24.1 Å². The molecule has 0 aromatic heterocycles. The molecule has 10 N–H and O–H groups in total. The quantitative estimate of drug-likeness (QED) is 0.0309. The van der Waals surface area contributed by atoms with Gasteiger partial charge in [-0.25, -0.2) is 4.79 Å². The maximum Gasteiger partial charge on any atom is 0.326 e. The van der Waals surface area contributed by atoms with Gasteiger partial charge < -0.3 is 37.6 Å². The monoisotopic (exact) mass is 775 g/mol. The van der Waals surface area contributed by atoms with Crippen LogP contribution in [0.4, 0.5) is 0 Å². The zero-order valence-corrected chi connectivity index (χ0v) is 34.3. The molecule has 13 heteroatoms. The van der Waals surface area contributed by atoms with Crippen LogP contribution in [0.15, 0.2) is 0 Å². The summed E-state index contributed by atoms with van der Waals surface area (Å²) in [6, 6.07) is -2.14. The molecular weight excluding hydrogens is 692 g/mol. The van der Waals surface area contributed by atoms with E-state index < -0.39 is 48.2 Å². The number of carbonyl (C=O) groups is 5. The molecule has 0 aromatic carbocycles. The van der Waals surface area contributed by atoms with Crippen LogP contribution in [0.3, 0.4) is 0 Å². The van der Waals surface area contributed by atoms with Crippen LogP contribution in [-0.2, 0) is 24.0 Å². The fourth-order valence-electron chi connectivity index (χ4n) is 5.86. The second-order valence-corrected chi connectivity index (χ2v) is 14.3. The molecule has 0 fully saturated rings. The highest BCUT2D eigenvalue weighted by atomic mass is 16.4. The number of hydrogen-bond acceptors (Lipinski definition) is 9. The number of unbranched alkanes of at least 4 members (excludes halogenated alkanes) is 21. The molecule has 0 saturated heterocycles. The topological polar surface area (TPSA) is 248 Å². The first-order chi connectivity index (χ1) is 25.9. The number of carboxylic acids is 3. The van der Waals surface area contributed by atoms with E-state index in [-0.39, 0.29) is 25.9 Å². The van der Waals surface area contributed by atoms with Crippen LogP contribution in [0.2, 0.25) is 0 Å². The summed E-state index contributed by atoms with van der Waals surface area (Å²) in [5.74, 6) is -4.36. The molecule has 54 heavy (non-hydrogen) atoms. The highest BCUT2D eigenvalue weighted by Gasteiger charge is 2.34. The van der Waals surface area contributed by atoms with E-state index in [1.165, 1.54) is 89.9 Å². The van der Waals surface area contributed by atoms with Crippen molar-refractivity contribution >= 4 is 29.7 Å². The Balaban J connectivity index is -0.00000156. The third-order valence-electron chi connectivity index (χ3n) is 9.17. The molecule has 0 aromatic rings. The van der Waals surface area contributed by atoms with Crippen molar-refractivity contribution < 1.29 is 44.4 Å². The minimum atomic E-state index is -1.42.